The molecule has 1 saturated heterocycles. The van der Waals surface area contributed by atoms with Crippen LogP contribution in [0.1, 0.15) is 41.1 Å². The number of amides is 2. The lowest BCUT2D eigenvalue weighted by Gasteiger charge is -2.30. The summed E-state index contributed by atoms with van der Waals surface area (Å²) in [7, 11) is 0. The summed E-state index contributed by atoms with van der Waals surface area (Å²) in [6.07, 6.45) is 5.29. The zero-order valence-electron chi connectivity index (χ0n) is 17.2. The van der Waals surface area contributed by atoms with E-state index in [0.717, 1.165) is 19.5 Å². The second-order valence-electron chi connectivity index (χ2n) is 7.26. The van der Waals surface area contributed by atoms with Crippen molar-refractivity contribution in [3.8, 4) is 17.4 Å². The molecule has 1 aliphatic rings. The molecule has 31 heavy (non-hydrogen) atoms. The standard InChI is InChI=1S/C21H22N6O4/c1-13(2)30-15-8-14(20(28)25-18-4-5-24-26-18)9-16(10-15)31-19-12-22-17(11-23-19)21(29)27-6-3-7-27/h4-5,8-13H,3,6-7H2,1-2H3,(H2,24,25,26,28). The predicted molar refractivity (Wildman–Crippen MR) is 111 cm³/mol. The number of hydrogen-bond acceptors (Lipinski definition) is 7. The molecule has 0 saturated carbocycles. The van der Waals surface area contributed by atoms with Crippen LogP contribution in [0.3, 0.4) is 0 Å². The number of likely N-dealkylation sites (tertiary alicyclic amines) is 1. The van der Waals surface area contributed by atoms with E-state index in [1.165, 1.54) is 12.4 Å². The van der Waals surface area contributed by atoms with Gasteiger partial charge in [-0.15, -0.1) is 0 Å². The van der Waals surface area contributed by atoms with Gasteiger partial charge in [-0.25, -0.2) is 9.97 Å². The molecule has 1 aromatic carbocycles. The molecule has 10 nitrogen and oxygen atoms in total. The molecule has 0 radical (unpaired) electrons. The van der Waals surface area contributed by atoms with Gasteiger partial charge in [0.15, 0.2) is 5.82 Å². The maximum atomic E-state index is 12.6. The number of aromatic amines is 1. The van der Waals surface area contributed by atoms with Crippen molar-refractivity contribution in [2.45, 2.75) is 26.4 Å². The van der Waals surface area contributed by atoms with E-state index in [0.29, 0.717) is 22.9 Å². The highest BCUT2D eigenvalue weighted by molar-refractivity contribution is 6.04. The van der Waals surface area contributed by atoms with Gasteiger partial charge in [-0.3, -0.25) is 14.7 Å². The van der Waals surface area contributed by atoms with E-state index < -0.39 is 0 Å². The molecule has 0 atom stereocenters. The Labute approximate surface area is 178 Å². The molecule has 3 aromatic rings. The van der Waals surface area contributed by atoms with E-state index in [4.69, 9.17) is 9.47 Å². The second kappa shape index (κ2) is 8.82. The summed E-state index contributed by atoms with van der Waals surface area (Å²) in [5, 5.41) is 9.25. The predicted octanol–water partition coefficient (Wildman–Crippen LogP) is 2.88. The summed E-state index contributed by atoms with van der Waals surface area (Å²) in [4.78, 5) is 34.9. The lowest BCUT2D eigenvalue weighted by molar-refractivity contribution is 0.0645. The Hall–Kier alpha value is -3.95. The Kier molecular flexibility index (Phi) is 5.78. The fourth-order valence-corrected chi connectivity index (χ4v) is 2.90. The Morgan fingerprint density at radius 1 is 1.13 bits per heavy atom. The minimum Gasteiger partial charge on any atom is -0.491 e. The molecule has 10 heteroatoms. The molecule has 4 rings (SSSR count). The molecule has 3 heterocycles. The number of nitrogens with one attached hydrogen (secondary N) is 2. The number of nitrogens with zero attached hydrogens (tertiary/aromatic N) is 4. The van der Waals surface area contributed by atoms with Gasteiger partial charge in [0.1, 0.15) is 17.2 Å². The van der Waals surface area contributed by atoms with Crippen LogP contribution in [0.15, 0.2) is 42.9 Å². The van der Waals surface area contributed by atoms with Crippen molar-refractivity contribution < 1.29 is 19.1 Å². The lowest BCUT2D eigenvalue weighted by atomic mass is 10.2. The van der Waals surface area contributed by atoms with Crippen LogP contribution in [0.25, 0.3) is 0 Å². The molecule has 2 aromatic heterocycles. The number of carbonyl (C=O) groups excluding carboxylic acids is 2. The first-order chi connectivity index (χ1) is 15.0. The van der Waals surface area contributed by atoms with Crippen LogP contribution in [-0.4, -0.2) is 56.1 Å². The van der Waals surface area contributed by atoms with Gasteiger partial charge >= 0.3 is 0 Å². The summed E-state index contributed by atoms with van der Waals surface area (Å²) in [6.45, 7) is 5.25. The average Bonchev–Trinajstić information content (AvgIpc) is 3.19. The third-order valence-corrected chi connectivity index (χ3v) is 4.47. The van der Waals surface area contributed by atoms with Crippen molar-refractivity contribution in [3.63, 3.8) is 0 Å². The highest BCUT2D eigenvalue weighted by Gasteiger charge is 2.23. The average molecular weight is 422 g/mol. The highest BCUT2D eigenvalue weighted by atomic mass is 16.5. The van der Waals surface area contributed by atoms with E-state index in [1.54, 1.807) is 35.4 Å². The lowest BCUT2D eigenvalue weighted by Crippen LogP contribution is -2.42. The molecule has 1 aliphatic heterocycles. The summed E-state index contributed by atoms with van der Waals surface area (Å²) in [5.41, 5.74) is 0.594. The number of H-pyrrole nitrogens is 1. The number of ether oxygens (including phenoxy) is 2. The van der Waals surface area contributed by atoms with Crippen molar-refractivity contribution >= 4 is 17.6 Å². The van der Waals surface area contributed by atoms with Gasteiger partial charge in [0.2, 0.25) is 5.88 Å². The maximum Gasteiger partial charge on any atom is 0.274 e. The van der Waals surface area contributed by atoms with Crippen molar-refractivity contribution in [1.82, 2.24) is 25.1 Å². The fourth-order valence-electron chi connectivity index (χ4n) is 2.90. The van der Waals surface area contributed by atoms with Gasteiger partial charge in [0, 0.05) is 37.0 Å². The fraction of sp³-hybridized carbons (Fsp3) is 0.286. The van der Waals surface area contributed by atoms with Crippen molar-refractivity contribution in [2.24, 2.45) is 0 Å². The van der Waals surface area contributed by atoms with E-state index in [1.807, 2.05) is 13.8 Å². The van der Waals surface area contributed by atoms with Gasteiger partial charge in [-0.1, -0.05) is 0 Å². The number of rotatable bonds is 7. The summed E-state index contributed by atoms with van der Waals surface area (Å²) < 4.78 is 11.5. The zero-order valence-corrected chi connectivity index (χ0v) is 17.2. The first-order valence-corrected chi connectivity index (χ1v) is 9.90. The number of hydrogen-bond donors (Lipinski definition) is 2. The molecule has 1 fully saturated rings. The van der Waals surface area contributed by atoms with Crippen molar-refractivity contribution in [3.05, 3.63) is 54.1 Å². The quantitative estimate of drug-likeness (QED) is 0.600. The van der Waals surface area contributed by atoms with E-state index >= 15 is 0 Å². The smallest absolute Gasteiger partial charge is 0.274 e. The van der Waals surface area contributed by atoms with Crippen LogP contribution in [0.5, 0.6) is 17.4 Å². The number of carbonyl (C=O) groups is 2. The summed E-state index contributed by atoms with van der Waals surface area (Å²) in [5.74, 6) is 0.901. The van der Waals surface area contributed by atoms with Gasteiger partial charge in [0.05, 0.1) is 18.5 Å². The van der Waals surface area contributed by atoms with Crippen LogP contribution in [0.4, 0.5) is 5.82 Å². The topological polar surface area (TPSA) is 122 Å². The van der Waals surface area contributed by atoms with Crippen LogP contribution in [-0.2, 0) is 0 Å². The number of aromatic nitrogens is 4. The second-order valence-corrected chi connectivity index (χ2v) is 7.26. The molecule has 0 aliphatic carbocycles. The van der Waals surface area contributed by atoms with Crippen LogP contribution in [0.2, 0.25) is 0 Å². The van der Waals surface area contributed by atoms with Crippen LogP contribution >= 0.6 is 0 Å². The summed E-state index contributed by atoms with van der Waals surface area (Å²) in [6, 6.07) is 6.49. The molecule has 160 valence electrons. The molecule has 0 unspecified atom stereocenters. The zero-order chi connectivity index (χ0) is 21.8. The van der Waals surface area contributed by atoms with E-state index in [9.17, 15) is 9.59 Å². The molecular formula is C21H22N6O4. The summed E-state index contributed by atoms with van der Waals surface area (Å²) >= 11 is 0. The van der Waals surface area contributed by atoms with Gasteiger partial charge < -0.3 is 19.7 Å². The molecular weight excluding hydrogens is 400 g/mol. The molecule has 0 bridgehead atoms. The Bertz CT molecular complexity index is 1060. The van der Waals surface area contributed by atoms with Crippen molar-refractivity contribution in [2.75, 3.05) is 18.4 Å². The highest BCUT2D eigenvalue weighted by Crippen LogP contribution is 2.28. The normalized spacial score (nSPS) is 12.9. The largest absolute Gasteiger partial charge is 0.491 e. The molecule has 2 amide bonds. The Balaban J connectivity index is 1.53. The monoisotopic (exact) mass is 422 g/mol. The first-order valence-electron chi connectivity index (χ1n) is 9.90. The van der Waals surface area contributed by atoms with Crippen LogP contribution < -0.4 is 14.8 Å². The van der Waals surface area contributed by atoms with Gasteiger partial charge in [0.25, 0.3) is 11.8 Å². The van der Waals surface area contributed by atoms with Crippen molar-refractivity contribution in [1.29, 1.82) is 0 Å². The Morgan fingerprint density at radius 2 is 1.94 bits per heavy atom. The Morgan fingerprint density at radius 3 is 2.55 bits per heavy atom. The maximum absolute atomic E-state index is 12.6. The number of anilines is 1. The molecule has 2 N–H and O–H groups in total. The van der Waals surface area contributed by atoms with Gasteiger partial charge in [-0.05, 0) is 32.4 Å². The first kappa shape index (κ1) is 20.3. The molecule has 0 spiro atoms. The minimum atomic E-state index is -0.368. The third-order valence-electron chi connectivity index (χ3n) is 4.47. The van der Waals surface area contributed by atoms with E-state index in [2.05, 4.69) is 25.5 Å². The van der Waals surface area contributed by atoms with Crippen LogP contribution in [0, 0.1) is 0 Å². The van der Waals surface area contributed by atoms with Gasteiger partial charge in [-0.2, -0.15) is 5.10 Å². The SMILES string of the molecule is CC(C)Oc1cc(Oc2cnc(C(=O)N3CCC3)cn2)cc(C(=O)Nc2cc[nH]n2)c1. The number of benzene rings is 1. The van der Waals surface area contributed by atoms with E-state index in [-0.39, 0.29) is 29.5 Å². The minimum absolute atomic E-state index is 0.0934. The third kappa shape index (κ3) is 4.97.